The molecule has 1 aliphatic heterocycles. The van der Waals surface area contributed by atoms with Crippen molar-refractivity contribution in [2.75, 3.05) is 24.8 Å². The molecule has 0 bridgehead atoms. The van der Waals surface area contributed by atoms with Gasteiger partial charge in [0.2, 0.25) is 0 Å². The van der Waals surface area contributed by atoms with E-state index in [4.69, 9.17) is 9.47 Å². The molecule has 6 nitrogen and oxygen atoms in total. The van der Waals surface area contributed by atoms with E-state index >= 15 is 0 Å². The third-order valence-corrected chi connectivity index (χ3v) is 5.55. The van der Waals surface area contributed by atoms with Crippen molar-refractivity contribution in [1.82, 2.24) is 4.98 Å². The second kappa shape index (κ2) is 7.71. The molecule has 2 heterocycles. The van der Waals surface area contributed by atoms with Crippen LogP contribution in [0.5, 0.6) is 0 Å². The number of methoxy groups -OCH3 is 1. The number of esters is 1. The van der Waals surface area contributed by atoms with Crippen molar-refractivity contribution in [2.45, 2.75) is 6.92 Å². The summed E-state index contributed by atoms with van der Waals surface area (Å²) in [5, 5.41) is 3.05. The van der Waals surface area contributed by atoms with Gasteiger partial charge in [-0.2, -0.15) is 0 Å². The van der Waals surface area contributed by atoms with Crippen LogP contribution in [0.2, 0.25) is 0 Å². The molecule has 0 radical (unpaired) electrons. The molecule has 0 spiro atoms. The fraction of sp³-hybridized carbons (Fsp3) is 0.235. The lowest BCUT2D eigenvalue weighted by atomic mass is 10.2. The zero-order chi connectivity index (χ0) is 17.8. The van der Waals surface area contributed by atoms with Gasteiger partial charge in [-0.3, -0.25) is 10.1 Å². The largest absolute Gasteiger partial charge is 0.486 e. The van der Waals surface area contributed by atoms with Crippen molar-refractivity contribution < 1.29 is 19.1 Å². The van der Waals surface area contributed by atoms with Crippen LogP contribution in [0.15, 0.2) is 36.1 Å². The maximum absolute atomic E-state index is 12.7. The molecule has 0 aliphatic carbocycles. The Hall–Kier alpha value is -2.32. The molecule has 25 heavy (non-hydrogen) atoms. The van der Waals surface area contributed by atoms with Crippen LogP contribution in [0.3, 0.4) is 0 Å². The van der Waals surface area contributed by atoms with Crippen LogP contribution >= 0.6 is 23.1 Å². The Morgan fingerprint density at radius 3 is 2.76 bits per heavy atom. The summed E-state index contributed by atoms with van der Waals surface area (Å²) < 4.78 is 10.3. The van der Waals surface area contributed by atoms with Gasteiger partial charge in [0.05, 0.1) is 24.3 Å². The maximum Gasteiger partial charge on any atom is 0.350 e. The van der Waals surface area contributed by atoms with Gasteiger partial charge >= 0.3 is 5.97 Å². The quantitative estimate of drug-likeness (QED) is 0.825. The first-order valence-electron chi connectivity index (χ1n) is 7.52. The van der Waals surface area contributed by atoms with Gasteiger partial charge < -0.3 is 9.47 Å². The first kappa shape index (κ1) is 17.5. The van der Waals surface area contributed by atoms with Crippen LogP contribution in [0.4, 0.5) is 5.13 Å². The average Bonchev–Trinajstić information content (AvgIpc) is 3.02. The number of nitrogens with one attached hydrogen (secondary N) is 1. The first-order chi connectivity index (χ1) is 12.1. The smallest absolute Gasteiger partial charge is 0.350 e. The number of hydrogen-bond donors (Lipinski definition) is 1. The molecule has 8 heteroatoms. The van der Waals surface area contributed by atoms with E-state index in [9.17, 15) is 9.59 Å². The number of aromatic nitrogens is 1. The third-order valence-electron chi connectivity index (χ3n) is 3.41. The maximum atomic E-state index is 12.7. The molecule has 1 aliphatic rings. The molecule has 130 valence electrons. The first-order valence-corrected chi connectivity index (χ1v) is 9.32. The molecule has 0 saturated carbocycles. The monoisotopic (exact) mass is 376 g/mol. The van der Waals surface area contributed by atoms with Gasteiger partial charge in [-0.1, -0.05) is 41.7 Å². The molecule has 1 aromatic heterocycles. The molecule has 3 rings (SSSR count). The van der Waals surface area contributed by atoms with E-state index in [0.717, 1.165) is 27.6 Å². The topological polar surface area (TPSA) is 77.5 Å². The van der Waals surface area contributed by atoms with Crippen molar-refractivity contribution in [3.63, 3.8) is 0 Å². The SMILES string of the molecule is COC(=O)c1sc(NC(=O)C2=C(c3ccccc3)SCCO2)nc1C. The second-order valence-corrected chi connectivity index (χ2v) is 7.20. The van der Waals surface area contributed by atoms with Crippen LogP contribution in [0, 0.1) is 6.92 Å². The van der Waals surface area contributed by atoms with Crippen molar-refractivity contribution in [3.05, 3.63) is 52.2 Å². The van der Waals surface area contributed by atoms with Gasteiger partial charge in [-0.15, -0.1) is 11.8 Å². The number of amides is 1. The Morgan fingerprint density at radius 2 is 2.04 bits per heavy atom. The van der Waals surface area contributed by atoms with E-state index in [1.807, 2.05) is 30.3 Å². The molecule has 1 N–H and O–H groups in total. The van der Waals surface area contributed by atoms with Gasteiger partial charge in [0.1, 0.15) is 4.88 Å². The number of carbonyl (C=O) groups is 2. The molecule has 2 aromatic rings. The summed E-state index contributed by atoms with van der Waals surface area (Å²) in [5.74, 6) is 0.208. The normalized spacial score (nSPS) is 14.0. The number of carbonyl (C=O) groups excluding carboxylic acids is 2. The lowest BCUT2D eigenvalue weighted by Gasteiger charge is -2.20. The minimum atomic E-state index is -0.468. The van der Waals surface area contributed by atoms with E-state index in [-0.39, 0.29) is 11.7 Å². The van der Waals surface area contributed by atoms with Gasteiger partial charge in [-0.25, -0.2) is 9.78 Å². The molecular formula is C17H16N2O4S2. The van der Waals surface area contributed by atoms with E-state index in [2.05, 4.69) is 10.3 Å². The number of thioether (sulfide) groups is 1. The average molecular weight is 376 g/mol. The lowest BCUT2D eigenvalue weighted by molar-refractivity contribution is -0.115. The Bertz CT molecular complexity index is 830. The number of aryl methyl sites for hydroxylation is 1. The fourth-order valence-corrected chi connectivity index (χ4v) is 4.11. The van der Waals surface area contributed by atoms with Gasteiger partial charge in [0.15, 0.2) is 10.9 Å². The van der Waals surface area contributed by atoms with Crippen molar-refractivity contribution in [3.8, 4) is 0 Å². The van der Waals surface area contributed by atoms with Gasteiger partial charge in [-0.05, 0) is 12.5 Å². The highest BCUT2D eigenvalue weighted by Crippen LogP contribution is 2.35. The van der Waals surface area contributed by atoms with Crippen LogP contribution in [0.1, 0.15) is 20.9 Å². The van der Waals surface area contributed by atoms with Crippen molar-refractivity contribution >= 4 is 45.0 Å². The number of rotatable bonds is 4. The number of thiazole rings is 1. The lowest BCUT2D eigenvalue weighted by Crippen LogP contribution is -2.21. The summed E-state index contributed by atoms with van der Waals surface area (Å²) >= 11 is 2.66. The van der Waals surface area contributed by atoms with Crippen molar-refractivity contribution in [1.29, 1.82) is 0 Å². The zero-order valence-corrected chi connectivity index (χ0v) is 15.3. The summed E-state index contributed by atoms with van der Waals surface area (Å²) in [6, 6.07) is 9.63. The highest BCUT2D eigenvalue weighted by molar-refractivity contribution is 8.08. The Balaban J connectivity index is 1.86. The molecular weight excluding hydrogens is 360 g/mol. The van der Waals surface area contributed by atoms with Crippen LogP contribution < -0.4 is 5.32 Å². The minimum absolute atomic E-state index is 0.273. The van der Waals surface area contributed by atoms with Crippen LogP contribution in [-0.4, -0.2) is 36.3 Å². The van der Waals surface area contributed by atoms with Gasteiger partial charge in [0, 0.05) is 5.75 Å². The number of hydrogen-bond acceptors (Lipinski definition) is 7. The zero-order valence-electron chi connectivity index (χ0n) is 13.7. The number of benzene rings is 1. The third kappa shape index (κ3) is 3.85. The van der Waals surface area contributed by atoms with E-state index in [0.29, 0.717) is 22.3 Å². The van der Waals surface area contributed by atoms with E-state index in [1.54, 1.807) is 18.7 Å². The standard InChI is InChI=1S/C17H16N2O4S2/c1-10-13(16(21)22-2)25-17(18-10)19-15(20)12-14(24-9-8-23-12)11-6-4-3-5-7-11/h3-7H,8-9H2,1-2H3,(H,18,19,20). The fourth-order valence-electron chi connectivity index (χ4n) is 2.28. The number of anilines is 1. The Morgan fingerprint density at radius 1 is 1.28 bits per heavy atom. The van der Waals surface area contributed by atoms with Crippen LogP contribution in [0.25, 0.3) is 4.91 Å². The predicted octanol–water partition coefficient (Wildman–Crippen LogP) is 3.31. The molecule has 1 aromatic carbocycles. The van der Waals surface area contributed by atoms with E-state index < -0.39 is 5.97 Å². The van der Waals surface area contributed by atoms with Gasteiger partial charge in [0.25, 0.3) is 5.91 Å². The number of ether oxygens (including phenoxy) is 2. The molecule has 0 atom stereocenters. The summed E-state index contributed by atoms with van der Waals surface area (Å²) in [5.41, 5.74) is 1.45. The second-order valence-electron chi connectivity index (χ2n) is 5.10. The summed E-state index contributed by atoms with van der Waals surface area (Å²) in [6.45, 7) is 2.16. The Kier molecular flexibility index (Phi) is 5.40. The molecule has 0 saturated heterocycles. The summed E-state index contributed by atoms with van der Waals surface area (Å²) in [6.07, 6.45) is 0. The summed E-state index contributed by atoms with van der Waals surface area (Å²) in [7, 11) is 1.31. The predicted molar refractivity (Wildman–Crippen MR) is 98.6 cm³/mol. The molecule has 0 unspecified atom stereocenters. The van der Waals surface area contributed by atoms with Crippen molar-refractivity contribution in [2.24, 2.45) is 0 Å². The van der Waals surface area contributed by atoms with Crippen LogP contribution in [-0.2, 0) is 14.3 Å². The summed E-state index contributed by atoms with van der Waals surface area (Å²) in [4.78, 5) is 29.7. The van der Waals surface area contributed by atoms with E-state index in [1.165, 1.54) is 7.11 Å². The molecule has 1 amide bonds. The highest BCUT2D eigenvalue weighted by atomic mass is 32.2. The minimum Gasteiger partial charge on any atom is -0.486 e. The highest BCUT2D eigenvalue weighted by Gasteiger charge is 2.25. The molecule has 0 fully saturated rings. The Labute approximate surface area is 153 Å². The number of nitrogens with zero attached hydrogens (tertiary/aromatic N) is 1.